The molecule has 1 aliphatic carbocycles. The second-order valence-electron chi connectivity index (χ2n) is 8.09. The Bertz CT molecular complexity index is 891. The van der Waals surface area contributed by atoms with Crippen molar-refractivity contribution in [3.05, 3.63) is 28.8 Å². The highest BCUT2D eigenvalue weighted by Crippen LogP contribution is 2.38. The van der Waals surface area contributed by atoms with Gasteiger partial charge in [0.2, 0.25) is 0 Å². The second-order valence-corrected chi connectivity index (χ2v) is 8.09. The minimum absolute atomic E-state index is 0.112. The summed E-state index contributed by atoms with van der Waals surface area (Å²) in [7, 11) is 0. The molecule has 2 saturated heterocycles. The van der Waals surface area contributed by atoms with Crippen molar-refractivity contribution in [2.24, 2.45) is 5.92 Å². The molecule has 2 atom stereocenters. The average Bonchev–Trinajstić information content (AvgIpc) is 3.46. The van der Waals surface area contributed by atoms with Gasteiger partial charge in [0.05, 0.1) is 38.2 Å². The Morgan fingerprint density at radius 3 is 2.93 bits per heavy atom. The molecule has 0 aromatic carbocycles. The third kappa shape index (κ3) is 3.72. The first kappa shape index (κ1) is 18.8. The van der Waals surface area contributed by atoms with Crippen LogP contribution in [0.2, 0.25) is 0 Å². The summed E-state index contributed by atoms with van der Waals surface area (Å²) in [5, 5.41) is 7.76. The van der Waals surface area contributed by atoms with Gasteiger partial charge in [-0.1, -0.05) is 0 Å². The van der Waals surface area contributed by atoms with Gasteiger partial charge in [0.25, 0.3) is 5.91 Å². The smallest absolute Gasteiger partial charge is 0.287 e. The van der Waals surface area contributed by atoms with Crippen molar-refractivity contribution in [2.45, 2.75) is 38.8 Å². The number of amides is 1. The molecule has 1 N–H and O–H groups in total. The normalized spacial score (nSPS) is 23.6. The number of rotatable bonds is 5. The molecule has 29 heavy (non-hydrogen) atoms. The third-order valence-corrected chi connectivity index (χ3v) is 5.97. The maximum Gasteiger partial charge on any atom is 0.287 e. The molecule has 2 aliphatic heterocycles. The van der Waals surface area contributed by atoms with Crippen molar-refractivity contribution in [1.82, 2.24) is 15.1 Å². The van der Waals surface area contributed by atoms with E-state index >= 15 is 0 Å². The number of carbonyl (C=O) groups excluding carboxylic acids is 1. The van der Waals surface area contributed by atoms with Crippen molar-refractivity contribution in [1.29, 1.82) is 0 Å². The molecule has 0 radical (unpaired) electrons. The average molecular weight is 401 g/mol. The number of aryl methyl sites for hydroxylation is 2. The zero-order chi connectivity index (χ0) is 19.8. The van der Waals surface area contributed by atoms with Crippen LogP contribution in [0.25, 0.3) is 11.3 Å². The first-order valence-electron chi connectivity index (χ1n) is 10.4. The number of furan rings is 1. The maximum atomic E-state index is 12.7. The highest BCUT2D eigenvalue weighted by Gasteiger charge is 2.30. The molecule has 1 amide bonds. The van der Waals surface area contributed by atoms with Gasteiger partial charge in [0, 0.05) is 49.4 Å². The Hall–Kier alpha value is -2.16. The molecule has 0 unspecified atom stereocenters. The van der Waals surface area contributed by atoms with Crippen molar-refractivity contribution in [3.63, 3.8) is 0 Å². The molecule has 0 spiro atoms. The number of nitrogens with one attached hydrogen (secondary N) is 1. The standard InChI is InChI=1S/C21H27N3O5/c1-13-18-17(29-20(13)21(25)22-8-16-12-27-6-7-28-16)3-2-15-10-24(23-19(15)18)9-14-4-5-26-11-14/h10,14,16H,2-9,11-12H2,1H3,(H,22,25)/t14-,16-/m1/s1. The number of hydrogen-bond donors (Lipinski definition) is 1. The van der Waals surface area contributed by atoms with Crippen LogP contribution in [0.1, 0.15) is 33.9 Å². The Morgan fingerprint density at radius 2 is 2.14 bits per heavy atom. The van der Waals surface area contributed by atoms with Crippen LogP contribution in [0.15, 0.2) is 10.6 Å². The van der Waals surface area contributed by atoms with Crippen LogP contribution in [-0.4, -0.2) is 61.4 Å². The predicted molar refractivity (Wildman–Crippen MR) is 104 cm³/mol. The Labute approximate surface area is 169 Å². The fourth-order valence-corrected chi connectivity index (χ4v) is 4.41. The van der Waals surface area contributed by atoms with E-state index in [4.69, 9.17) is 23.7 Å². The first-order valence-corrected chi connectivity index (χ1v) is 10.4. The molecular weight excluding hydrogens is 374 g/mol. The Balaban J connectivity index is 1.33. The quantitative estimate of drug-likeness (QED) is 0.821. The molecular formula is C21H27N3O5. The van der Waals surface area contributed by atoms with Crippen molar-refractivity contribution >= 4 is 5.91 Å². The van der Waals surface area contributed by atoms with E-state index in [1.165, 1.54) is 5.56 Å². The molecule has 4 heterocycles. The summed E-state index contributed by atoms with van der Waals surface area (Å²) < 4.78 is 24.5. The number of nitrogens with zero attached hydrogens (tertiary/aromatic N) is 2. The van der Waals surface area contributed by atoms with E-state index in [9.17, 15) is 4.79 Å². The number of hydrogen-bond acceptors (Lipinski definition) is 6. The van der Waals surface area contributed by atoms with Gasteiger partial charge in [-0.2, -0.15) is 5.10 Å². The molecule has 2 aromatic rings. The monoisotopic (exact) mass is 401 g/mol. The van der Waals surface area contributed by atoms with Crippen LogP contribution in [0, 0.1) is 12.8 Å². The third-order valence-electron chi connectivity index (χ3n) is 5.97. The van der Waals surface area contributed by atoms with E-state index in [1.807, 2.05) is 11.6 Å². The zero-order valence-corrected chi connectivity index (χ0v) is 16.7. The van der Waals surface area contributed by atoms with Crippen LogP contribution in [0.3, 0.4) is 0 Å². The van der Waals surface area contributed by atoms with Gasteiger partial charge in [-0.25, -0.2) is 0 Å². The van der Waals surface area contributed by atoms with Gasteiger partial charge >= 0.3 is 0 Å². The van der Waals surface area contributed by atoms with Gasteiger partial charge in [0.15, 0.2) is 5.76 Å². The number of fused-ring (bicyclic) bond motifs is 3. The molecule has 2 aromatic heterocycles. The lowest BCUT2D eigenvalue weighted by atomic mass is 9.93. The fraction of sp³-hybridized carbons (Fsp3) is 0.619. The highest BCUT2D eigenvalue weighted by molar-refractivity contribution is 5.95. The van der Waals surface area contributed by atoms with Gasteiger partial charge in [-0.05, 0) is 25.3 Å². The lowest BCUT2D eigenvalue weighted by molar-refractivity contribution is -0.0856. The van der Waals surface area contributed by atoms with Gasteiger partial charge in [-0.3, -0.25) is 9.48 Å². The SMILES string of the molecule is Cc1c(C(=O)NC[C@@H]2COCCO2)oc2c1-c1nn(C[C@H]3CCOC3)cc1CC2. The summed E-state index contributed by atoms with van der Waals surface area (Å²) in [6.07, 6.45) is 4.78. The molecule has 8 heteroatoms. The highest BCUT2D eigenvalue weighted by atomic mass is 16.6. The molecule has 3 aliphatic rings. The lowest BCUT2D eigenvalue weighted by Crippen LogP contribution is -2.39. The van der Waals surface area contributed by atoms with Crippen LogP contribution in [0.5, 0.6) is 0 Å². The van der Waals surface area contributed by atoms with Crippen molar-refractivity contribution < 1.29 is 23.4 Å². The summed E-state index contributed by atoms with van der Waals surface area (Å²) in [6.45, 7) is 6.54. The van der Waals surface area contributed by atoms with Crippen LogP contribution >= 0.6 is 0 Å². The second kappa shape index (κ2) is 7.93. The summed E-state index contributed by atoms with van der Waals surface area (Å²) in [4.78, 5) is 12.7. The van der Waals surface area contributed by atoms with Gasteiger partial charge < -0.3 is 23.9 Å². The van der Waals surface area contributed by atoms with Gasteiger partial charge in [-0.15, -0.1) is 0 Å². The largest absolute Gasteiger partial charge is 0.455 e. The van der Waals surface area contributed by atoms with Crippen LogP contribution < -0.4 is 5.32 Å². The van der Waals surface area contributed by atoms with E-state index in [2.05, 4.69) is 11.5 Å². The topological polar surface area (TPSA) is 87.8 Å². The summed E-state index contributed by atoms with van der Waals surface area (Å²) in [6, 6.07) is 0. The van der Waals surface area contributed by atoms with Crippen LogP contribution in [0.4, 0.5) is 0 Å². The molecule has 2 fully saturated rings. The van der Waals surface area contributed by atoms with Crippen LogP contribution in [-0.2, 0) is 33.6 Å². The van der Waals surface area contributed by atoms with Gasteiger partial charge in [0.1, 0.15) is 5.76 Å². The predicted octanol–water partition coefficient (Wildman–Crippen LogP) is 1.73. The molecule has 156 valence electrons. The molecule has 8 nitrogen and oxygen atoms in total. The van der Waals surface area contributed by atoms with E-state index in [1.54, 1.807) is 0 Å². The van der Waals surface area contributed by atoms with Crippen molar-refractivity contribution in [3.8, 4) is 11.3 Å². The molecule has 0 bridgehead atoms. The van der Waals surface area contributed by atoms with E-state index in [-0.39, 0.29) is 12.0 Å². The Morgan fingerprint density at radius 1 is 1.24 bits per heavy atom. The fourth-order valence-electron chi connectivity index (χ4n) is 4.41. The summed E-state index contributed by atoms with van der Waals surface area (Å²) in [5.74, 6) is 1.54. The summed E-state index contributed by atoms with van der Waals surface area (Å²) in [5.41, 5.74) is 4.01. The summed E-state index contributed by atoms with van der Waals surface area (Å²) >= 11 is 0. The molecule has 0 saturated carbocycles. The first-order chi connectivity index (χ1) is 14.2. The minimum atomic E-state index is -0.213. The van der Waals surface area contributed by atoms with E-state index in [0.717, 1.165) is 61.6 Å². The molecule has 5 rings (SSSR count). The number of aromatic nitrogens is 2. The number of ether oxygens (including phenoxy) is 3. The Kier molecular flexibility index (Phi) is 5.15. The zero-order valence-electron chi connectivity index (χ0n) is 16.7. The van der Waals surface area contributed by atoms with E-state index < -0.39 is 0 Å². The van der Waals surface area contributed by atoms with E-state index in [0.29, 0.717) is 38.0 Å². The lowest BCUT2D eigenvalue weighted by Gasteiger charge is -2.22. The minimum Gasteiger partial charge on any atom is -0.455 e. The maximum absolute atomic E-state index is 12.7. The number of carbonyl (C=O) groups is 1. The van der Waals surface area contributed by atoms with Crippen molar-refractivity contribution in [2.75, 3.05) is 39.6 Å².